The minimum atomic E-state index is -4.64. The van der Waals surface area contributed by atoms with Crippen molar-refractivity contribution in [1.82, 2.24) is 0 Å². The van der Waals surface area contributed by atoms with E-state index in [0.29, 0.717) is 6.61 Å². The van der Waals surface area contributed by atoms with E-state index in [1.54, 1.807) is 13.0 Å². The molecule has 0 saturated carbocycles. The first-order valence-electron chi connectivity index (χ1n) is 7.59. The van der Waals surface area contributed by atoms with Gasteiger partial charge in [0, 0.05) is 10.1 Å². The first kappa shape index (κ1) is 24.7. The third-order valence-corrected chi connectivity index (χ3v) is 2.42. The maximum absolute atomic E-state index is 8.88. The fourth-order valence-electron chi connectivity index (χ4n) is 1.45. The predicted molar refractivity (Wildman–Crippen MR) is 82.0 cm³/mol. The molecule has 0 aromatic carbocycles. The van der Waals surface area contributed by atoms with E-state index >= 15 is 0 Å². The van der Waals surface area contributed by atoms with Gasteiger partial charge in [0.25, 0.3) is 0 Å². The van der Waals surface area contributed by atoms with Crippen LogP contribution in [-0.2, 0) is 29.5 Å². The van der Waals surface area contributed by atoms with E-state index in [1.165, 1.54) is 44.8 Å². The molecule has 0 rings (SSSR count). The number of unbranched alkanes of at least 4 members (excludes halogenated alkanes) is 7. The molecule has 3 N–H and O–H groups in total. The molecule has 0 fully saturated rings. The summed E-state index contributed by atoms with van der Waals surface area (Å²) in [5.41, 5.74) is 0. The predicted octanol–water partition coefficient (Wildman–Crippen LogP) is 3.48. The molecule has 0 aromatic heterocycles. The topological polar surface area (TPSA) is 124 Å². The van der Waals surface area contributed by atoms with Gasteiger partial charge in [-0.2, -0.15) is 0 Å². The van der Waals surface area contributed by atoms with Crippen molar-refractivity contribution in [2.24, 2.45) is 0 Å². The largest absolute Gasteiger partial charge is 0.466 e. The van der Waals surface area contributed by atoms with Crippen LogP contribution in [0.1, 0.15) is 65.2 Å². The van der Waals surface area contributed by atoms with Crippen LogP contribution in [0.2, 0.25) is 0 Å². The average molecular weight is 360 g/mol. The third kappa shape index (κ3) is 38.9. The highest BCUT2D eigenvalue weighted by atomic mass is 31.2. The van der Waals surface area contributed by atoms with Gasteiger partial charge in [-0.3, -0.25) is 0 Å². The number of phosphoric acid groups is 1. The lowest BCUT2D eigenvalue weighted by Gasteiger charge is -2.02. The molecule has 10 heteroatoms. The Kier molecular flexibility index (Phi) is 21.0. The van der Waals surface area contributed by atoms with Gasteiger partial charge < -0.3 is 19.6 Å². The minimum Gasteiger partial charge on any atom is -0.314 e. The lowest BCUT2D eigenvalue weighted by atomic mass is 10.1. The molecule has 0 bridgehead atoms. The van der Waals surface area contributed by atoms with Gasteiger partial charge in [-0.1, -0.05) is 51.9 Å². The summed E-state index contributed by atoms with van der Waals surface area (Å²) in [5.74, 6) is 0. The maximum atomic E-state index is 8.88. The summed E-state index contributed by atoms with van der Waals surface area (Å²) in [6.07, 6.45) is 12.9. The molecule has 0 aromatic rings. The molecule has 0 atom stereocenters. The van der Waals surface area contributed by atoms with E-state index in [9.17, 15) is 0 Å². The molecule has 0 amide bonds. The summed E-state index contributed by atoms with van der Waals surface area (Å²) < 4.78 is 8.88. The zero-order chi connectivity index (χ0) is 17.8. The Morgan fingerprint density at radius 1 is 0.870 bits per heavy atom. The van der Waals surface area contributed by atoms with Crippen LogP contribution in [0.4, 0.5) is 0 Å². The van der Waals surface area contributed by atoms with Gasteiger partial charge in [0.1, 0.15) is 6.26 Å². The molecule has 140 valence electrons. The molecular weight excluding hydrogens is 331 g/mol. The van der Waals surface area contributed by atoms with Crippen molar-refractivity contribution in [3.63, 3.8) is 0 Å². The monoisotopic (exact) mass is 360 g/mol. The number of allylic oxidation sites excluding steroid dienone is 1. The van der Waals surface area contributed by atoms with E-state index in [2.05, 4.69) is 26.9 Å². The first-order chi connectivity index (χ1) is 10.9. The smallest absolute Gasteiger partial charge is 0.314 e. The van der Waals surface area contributed by atoms with Crippen LogP contribution in [0, 0.1) is 0 Å². The lowest BCUT2D eigenvalue weighted by Crippen LogP contribution is -1.99. The normalized spacial score (nSPS) is 11.3. The fraction of sp³-hybridized carbons (Fsp3) is 0.846. The Morgan fingerprint density at radius 2 is 1.39 bits per heavy atom. The van der Waals surface area contributed by atoms with Crippen molar-refractivity contribution in [2.45, 2.75) is 65.2 Å². The quantitative estimate of drug-likeness (QED) is 0.140. The van der Waals surface area contributed by atoms with Crippen LogP contribution in [-0.4, -0.2) is 21.3 Å². The van der Waals surface area contributed by atoms with Gasteiger partial charge in [-0.15, -0.1) is 0 Å². The van der Waals surface area contributed by atoms with Crippen LogP contribution < -0.4 is 0 Å². The molecule has 0 unspecified atom stereocenters. The highest BCUT2D eigenvalue weighted by Crippen LogP contribution is 2.25. The Hall–Kier alpha value is -0.510. The summed E-state index contributed by atoms with van der Waals surface area (Å²) in [7, 11) is -4.64. The Bertz CT molecular complexity index is 285. The van der Waals surface area contributed by atoms with E-state index in [0.717, 1.165) is 12.8 Å². The van der Waals surface area contributed by atoms with E-state index in [1.807, 2.05) is 0 Å². The van der Waals surface area contributed by atoms with Crippen molar-refractivity contribution in [3.05, 3.63) is 12.3 Å². The summed E-state index contributed by atoms with van der Waals surface area (Å²) >= 11 is 0. The average Bonchev–Trinajstić information content (AvgIpc) is 2.46. The Balaban J connectivity index is 0. The lowest BCUT2D eigenvalue weighted by molar-refractivity contribution is -0.700. The van der Waals surface area contributed by atoms with Crippen LogP contribution >= 0.6 is 7.82 Å². The highest BCUT2D eigenvalue weighted by molar-refractivity contribution is 7.45. The zero-order valence-corrected chi connectivity index (χ0v) is 14.7. The number of hydrogen-bond acceptors (Lipinski definition) is 6. The molecule has 0 saturated heterocycles. The van der Waals surface area contributed by atoms with E-state index < -0.39 is 7.82 Å². The third-order valence-electron chi connectivity index (χ3n) is 2.42. The van der Waals surface area contributed by atoms with Gasteiger partial charge >= 0.3 is 7.82 Å². The van der Waals surface area contributed by atoms with E-state index in [4.69, 9.17) is 24.1 Å². The molecule has 0 radical (unpaired) electrons. The summed E-state index contributed by atoms with van der Waals surface area (Å²) in [4.78, 5) is 30.6. The van der Waals surface area contributed by atoms with Crippen LogP contribution in [0.3, 0.4) is 0 Å². The van der Waals surface area contributed by atoms with Crippen LogP contribution in [0.5, 0.6) is 0 Å². The standard InChI is InChI=1S/C13H26O5.H3O4P/c1-3-5-6-7-8-9-10-11-13-15-17-18-16-14-12-4-2;1-5(2,3)4/h4,12H,3,5-11,13H2,1-2H3;(H3,1,2,3,4). The molecule has 0 aliphatic carbocycles. The second-order valence-electron chi connectivity index (χ2n) is 4.58. The van der Waals surface area contributed by atoms with E-state index in [-0.39, 0.29) is 0 Å². The fourth-order valence-corrected chi connectivity index (χ4v) is 1.45. The molecule has 0 spiro atoms. The van der Waals surface area contributed by atoms with Gasteiger partial charge in [0.2, 0.25) is 0 Å². The minimum absolute atomic E-state index is 0.488. The SMILES string of the molecule is CC=COOOOOCCCCCCCCCC.O=P(O)(O)O. The first-order valence-corrected chi connectivity index (χ1v) is 9.16. The Morgan fingerprint density at radius 3 is 1.91 bits per heavy atom. The van der Waals surface area contributed by atoms with Gasteiger partial charge in [-0.05, 0) is 24.5 Å². The summed E-state index contributed by atoms with van der Waals surface area (Å²) in [6.45, 7) is 4.50. The van der Waals surface area contributed by atoms with Crippen molar-refractivity contribution in [1.29, 1.82) is 0 Å². The summed E-state index contributed by atoms with van der Waals surface area (Å²) in [5, 5.41) is 12.5. The van der Waals surface area contributed by atoms with Crippen molar-refractivity contribution >= 4 is 7.82 Å². The molecule has 23 heavy (non-hydrogen) atoms. The highest BCUT2D eigenvalue weighted by Gasteiger charge is 2.00. The van der Waals surface area contributed by atoms with Gasteiger partial charge in [0.15, 0.2) is 0 Å². The molecule has 9 nitrogen and oxygen atoms in total. The zero-order valence-electron chi connectivity index (χ0n) is 13.8. The summed E-state index contributed by atoms with van der Waals surface area (Å²) in [6, 6.07) is 0. The van der Waals surface area contributed by atoms with Crippen molar-refractivity contribution < 1.29 is 44.1 Å². The molecular formula is C13H29O9P. The van der Waals surface area contributed by atoms with Crippen LogP contribution in [0.25, 0.3) is 0 Å². The van der Waals surface area contributed by atoms with Crippen molar-refractivity contribution in [2.75, 3.05) is 6.61 Å². The maximum Gasteiger partial charge on any atom is 0.466 e. The van der Waals surface area contributed by atoms with Gasteiger partial charge in [0.05, 0.1) is 6.61 Å². The Labute approximate surface area is 137 Å². The molecule has 0 aliphatic rings. The molecule has 0 heterocycles. The molecule has 0 aliphatic heterocycles. The second kappa shape index (κ2) is 19.5. The van der Waals surface area contributed by atoms with Crippen LogP contribution in [0.15, 0.2) is 12.3 Å². The second-order valence-corrected chi connectivity index (χ2v) is 5.61. The van der Waals surface area contributed by atoms with Crippen molar-refractivity contribution in [3.8, 4) is 0 Å². The van der Waals surface area contributed by atoms with Gasteiger partial charge in [-0.25, -0.2) is 9.45 Å². The number of rotatable bonds is 14. The number of hydrogen-bond donors (Lipinski definition) is 3.